The molecule has 0 unspecified atom stereocenters. The van der Waals surface area contributed by atoms with Gasteiger partial charge in [-0.3, -0.25) is 0 Å². The molecule has 0 spiro atoms. The second kappa shape index (κ2) is 6.04. The molecule has 0 atom stereocenters. The third kappa shape index (κ3) is 3.17. The average molecular weight is 282 g/mol. The molecule has 2 heterocycles. The normalized spacial score (nSPS) is 10.3. The van der Waals surface area contributed by atoms with Crippen molar-refractivity contribution in [1.82, 2.24) is 15.2 Å². The summed E-state index contributed by atoms with van der Waals surface area (Å²) < 4.78 is 10.6. The minimum atomic E-state index is 0.438. The van der Waals surface area contributed by atoms with E-state index >= 15 is 0 Å². The number of pyridine rings is 1. The largest absolute Gasteiger partial charge is 0.481 e. The van der Waals surface area contributed by atoms with Crippen molar-refractivity contribution in [2.45, 2.75) is 6.54 Å². The Hall–Kier alpha value is -2.89. The number of nitrogens with one attached hydrogen (secondary N) is 1. The van der Waals surface area contributed by atoms with Crippen molar-refractivity contribution in [2.24, 2.45) is 0 Å². The number of rotatable bonds is 5. The lowest BCUT2D eigenvalue weighted by Gasteiger charge is -2.03. The first kappa shape index (κ1) is 13.1. The number of ether oxygens (including phenoxy) is 1. The number of nitrogens with zero attached hydrogens (tertiary/aromatic N) is 3. The summed E-state index contributed by atoms with van der Waals surface area (Å²) in [6, 6.07) is 13.3. The Labute approximate surface area is 121 Å². The number of benzene rings is 1. The van der Waals surface area contributed by atoms with Crippen molar-refractivity contribution in [1.29, 1.82) is 0 Å². The van der Waals surface area contributed by atoms with E-state index in [1.165, 1.54) is 0 Å². The molecular weight excluding hydrogens is 268 g/mol. The predicted molar refractivity (Wildman–Crippen MR) is 77.8 cm³/mol. The average Bonchev–Trinajstić information content (AvgIpc) is 3.03. The summed E-state index contributed by atoms with van der Waals surface area (Å²) >= 11 is 0. The van der Waals surface area contributed by atoms with Gasteiger partial charge in [0, 0.05) is 11.6 Å². The van der Waals surface area contributed by atoms with Gasteiger partial charge in [-0.25, -0.2) is 4.98 Å². The van der Waals surface area contributed by atoms with Crippen molar-refractivity contribution >= 4 is 5.69 Å². The lowest BCUT2D eigenvalue weighted by molar-refractivity contribution is 0.398. The zero-order valence-electron chi connectivity index (χ0n) is 11.5. The number of anilines is 1. The maximum Gasteiger partial charge on any atom is 0.247 e. The molecule has 0 bridgehead atoms. The van der Waals surface area contributed by atoms with Gasteiger partial charge < -0.3 is 14.5 Å². The van der Waals surface area contributed by atoms with Crippen LogP contribution in [-0.2, 0) is 6.54 Å². The molecule has 0 amide bonds. The molecule has 21 heavy (non-hydrogen) atoms. The van der Waals surface area contributed by atoms with Gasteiger partial charge in [0.2, 0.25) is 17.7 Å². The van der Waals surface area contributed by atoms with E-state index in [0.29, 0.717) is 24.2 Å². The highest BCUT2D eigenvalue weighted by atomic mass is 16.5. The molecule has 6 heteroatoms. The molecule has 106 valence electrons. The van der Waals surface area contributed by atoms with Gasteiger partial charge in [-0.1, -0.05) is 18.2 Å². The fraction of sp³-hybridized carbons (Fsp3) is 0.133. The maximum atomic E-state index is 5.61. The summed E-state index contributed by atoms with van der Waals surface area (Å²) in [7, 11) is 1.58. The van der Waals surface area contributed by atoms with Crippen LogP contribution in [0.5, 0.6) is 5.88 Å². The van der Waals surface area contributed by atoms with E-state index < -0.39 is 0 Å². The highest BCUT2D eigenvalue weighted by molar-refractivity contribution is 5.51. The molecule has 0 fully saturated rings. The van der Waals surface area contributed by atoms with Gasteiger partial charge >= 0.3 is 0 Å². The van der Waals surface area contributed by atoms with Crippen LogP contribution in [0.15, 0.2) is 53.1 Å². The molecule has 0 aliphatic carbocycles. The van der Waals surface area contributed by atoms with Crippen LogP contribution in [0.4, 0.5) is 5.69 Å². The quantitative estimate of drug-likeness (QED) is 0.775. The van der Waals surface area contributed by atoms with E-state index in [-0.39, 0.29) is 0 Å². The first-order valence-electron chi connectivity index (χ1n) is 6.47. The van der Waals surface area contributed by atoms with Crippen molar-refractivity contribution in [3.63, 3.8) is 0 Å². The van der Waals surface area contributed by atoms with E-state index in [1.54, 1.807) is 19.4 Å². The fourth-order valence-corrected chi connectivity index (χ4v) is 1.81. The van der Waals surface area contributed by atoms with Crippen molar-refractivity contribution in [3.05, 3.63) is 54.6 Å². The smallest absolute Gasteiger partial charge is 0.247 e. The summed E-state index contributed by atoms with van der Waals surface area (Å²) in [5, 5.41) is 11.2. The summed E-state index contributed by atoms with van der Waals surface area (Å²) in [4.78, 5) is 4.11. The van der Waals surface area contributed by atoms with Gasteiger partial charge in [0.25, 0.3) is 0 Å². The molecule has 3 aromatic rings. The standard InChI is InChI=1S/C15H14N4O2/c1-20-13-8-7-12(9-17-13)16-10-14-18-19-15(21-14)11-5-3-2-4-6-11/h2-9,16H,10H2,1H3. The van der Waals surface area contributed by atoms with Crippen LogP contribution >= 0.6 is 0 Å². The number of hydrogen-bond donors (Lipinski definition) is 1. The molecule has 2 aromatic heterocycles. The summed E-state index contributed by atoms with van der Waals surface area (Å²) in [5.74, 6) is 1.61. The minimum Gasteiger partial charge on any atom is -0.481 e. The predicted octanol–water partition coefficient (Wildman–Crippen LogP) is 2.75. The van der Waals surface area contributed by atoms with Gasteiger partial charge in [-0.2, -0.15) is 0 Å². The second-order valence-corrected chi connectivity index (χ2v) is 4.31. The molecule has 1 N–H and O–H groups in total. The molecular formula is C15H14N4O2. The van der Waals surface area contributed by atoms with Crippen LogP contribution in [-0.4, -0.2) is 22.3 Å². The molecule has 1 aromatic carbocycles. The van der Waals surface area contributed by atoms with Gasteiger partial charge in [0.1, 0.15) is 0 Å². The van der Waals surface area contributed by atoms with Gasteiger partial charge in [0.15, 0.2) is 0 Å². The number of hydrogen-bond acceptors (Lipinski definition) is 6. The van der Waals surface area contributed by atoms with Gasteiger partial charge in [0.05, 0.1) is 25.5 Å². The van der Waals surface area contributed by atoms with Gasteiger partial charge in [-0.15, -0.1) is 10.2 Å². The molecule has 0 saturated carbocycles. The molecule has 0 aliphatic heterocycles. The Balaban J connectivity index is 1.64. The van der Waals surface area contributed by atoms with E-state index in [4.69, 9.17) is 9.15 Å². The lowest BCUT2D eigenvalue weighted by Crippen LogP contribution is -2.00. The van der Waals surface area contributed by atoms with Gasteiger partial charge in [-0.05, 0) is 18.2 Å². The Morgan fingerprint density at radius 1 is 1.10 bits per heavy atom. The SMILES string of the molecule is COc1ccc(NCc2nnc(-c3ccccc3)o2)cn1. The van der Waals surface area contributed by atoms with E-state index in [9.17, 15) is 0 Å². The van der Waals surface area contributed by atoms with E-state index in [0.717, 1.165) is 11.3 Å². The topological polar surface area (TPSA) is 73.1 Å². The lowest BCUT2D eigenvalue weighted by atomic mass is 10.2. The first-order valence-corrected chi connectivity index (χ1v) is 6.47. The molecule has 0 radical (unpaired) electrons. The molecule has 3 rings (SSSR count). The van der Waals surface area contributed by atoms with E-state index in [2.05, 4.69) is 20.5 Å². The summed E-state index contributed by atoms with van der Waals surface area (Å²) in [6.07, 6.45) is 1.69. The zero-order valence-corrected chi connectivity index (χ0v) is 11.5. The zero-order chi connectivity index (χ0) is 14.5. The summed E-state index contributed by atoms with van der Waals surface area (Å²) in [5.41, 5.74) is 1.76. The fourth-order valence-electron chi connectivity index (χ4n) is 1.81. The van der Waals surface area contributed by atoms with Crippen LogP contribution in [0.1, 0.15) is 5.89 Å². The van der Waals surface area contributed by atoms with Crippen molar-refractivity contribution in [2.75, 3.05) is 12.4 Å². The monoisotopic (exact) mass is 282 g/mol. The molecule has 6 nitrogen and oxygen atoms in total. The first-order chi connectivity index (χ1) is 10.3. The third-order valence-electron chi connectivity index (χ3n) is 2.88. The van der Waals surface area contributed by atoms with Crippen LogP contribution in [0.2, 0.25) is 0 Å². The van der Waals surface area contributed by atoms with Crippen molar-refractivity contribution < 1.29 is 9.15 Å². The maximum absolute atomic E-state index is 5.61. The van der Waals surface area contributed by atoms with Crippen LogP contribution in [0.25, 0.3) is 11.5 Å². The van der Waals surface area contributed by atoms with Crippen LogP contribution in [0, 0.1) is 0 Å². The molecule has 0 saturated heterocycles. The molecule has 0 aliphatic rings. The second-order valence-electron chi connectivity index (χ2n) is 4.31. The Morgan fingerprint density at radius 3 is 2.67 bits per heavy atom. The minimum absolute atomic E-state index is 0.438. The van der Waals surface area contributed by atoms with Crippen LogP contribution in [0.3, 0.4) is 0 Å². The van der Waals surface area contributed by atoms with E-state index in [1.807, 2.05) is 36.4 Å². The Morgan fingerprint density at radius 2 is 1.95 bits per heavy atom. The Bertz CT molecular complexity index is 695. The number of methoxy groups -OCH3 is 1. The Kier molecular flexibility index (Phi) is 3.77. The highest BCUT2D eigenvalue weighted by Crippen LogP contribution is 2.17. The number of aromatic nitrogens is 3. The van der Waals surface area contributed by atoms with Crippen molar-refractivity contribution in [3.8, 4) is 17.3 Å². The third-order valence-corrected chi connectivity index (χ3v) is 2.88. The highest BCUT2D eigenvalue weighted by Gasteiger charge is 2.07. The van der Waals surface area contributed by atoms with Crippen LogP contribution < -0.4 is 10.1 Å². The summed E-state index contributed by atoms with van der Waals surface area (Å²) in [6.45, 7) is 0.438.